The fourth-order valence-electron chi connectivity index (χ4n) is 3.39. The van der Waals surface area contributed by atoms with Crippen LogP contribution in [-0.4, -0.2) is 30.3 Å². The summed E-state index contributed by atoms with van der Waals surface area (Å²) in [6.07, 6.45) is 7.98. The van der Waals surface area contributed by atoms with Gasteiger partial charge in [0.05, 0.1) is 20.2 Å². The molecule has 26 heavy (non-hydrogen) atoms. The molecule has 1 amide bonds. The van der Waals surface area contributed by atoms with Crippen LogP contribution in [0.5, 0.6) is 5.75 Å². The van der Waals surface area contributed by atoms with Crippen molar-refractivity contribution in [3.8, 4) is 5.75 Å². The van der Waals surface area contributed by atoms with Gasteiger partial charge in [-0.05, 0) is 55.5 Å². The Kier molecular flexibility index (Phi) is 4.31. The number of nitrogens with one attached hydrogen (secondary N) is 2. The molecule has 0 radical (unpaired) electrons. The van der Waals surface area contributed by atoms with Crippen LogP contribution in [0, 0.1) is 5.41 Å². The standard InChI is InChI=1S/C21H25N3O2/c1-21(7-8-21)20(25)23-13-17-10-15-12-19(26-2)14(11-18(15)24-17)5-6-16-4-3-9-22-16/h3-4,10-12,24H,5-9,13H2,1-2H3,(H,23,25). The zero-order valence-electron chi connectivity index (χ0n) is 15.4. The molecule has 2 N–H and O–H groups in total. The number of amides is 1. The third kappa shape index (κ3) is 3.39. The molecule has 2 aliphatic rings. The Hall–Kier alpha value is -2.56. The van der Waals surface area contributed by atoms with Gasteiger partial charge in [0, 0.05) is 27.7 Å². The lowest BCUT2D eigenvalue weighted by Gasteiger charge is -2.09. The minimum atomic E-state index is -0.139. The first-order valence-electron chi connectivity index (χ1n) is 9.24. The second kappa shape index (κ2) is 6.63. The first-order valence-corrected chi connectivity index (χ1v) is 9.24. The molecule has 1 aliphatic carbocycles. The summed E-state index contributed by atoms with van der Waals surface area (Å²) in [5.74, 6) is 1.06. The molecular formula is C21H25N3O2. The van der Waals surface area contributed by atoms with Gasteiger partial charge in [-0.15, -0.1) is 0 Å². The summed E-state index contributed by atoms with van der Waals surface area (Å²) in [5, 5.41) is 4.15. The van der Waals surface area contributed by atoms with Crippen molar-refractivity contribution in [3.05, 3.63) is 41.6 Å². The first kappa shape index (κ1) is 16.9. The summed E-state index contributed by atoms with van der Waals surface area (Å²) in [7, 11) is 1.71. The number of fused-ring (bicyclic) bond motifs is 1. The highest BCUT2D eigenvalue weighted by Gasteiger charge is 2.44. The van der Waals surface area contributed by atoms with Gasteiger partial charge >= 0.3 is 0 Å². The molecule has 2 aromatic rings. The van der Waals surface area contributed by atoms with Crippen LogP contribution in [0.1, 0.15) is 37.4 Å². The second-order valence-electron chi connectivity index (χ2n) is 7.52. The number of aromatic amines is 1. The number of H-pyrrole nitrogens is 1. The molecule has 1 aromatic heterocycles. The number of ether oxygens (including phenoxy) is 1. The lowest BCUT2D eigenvalue weighted by Crippen LogP contribution is -2.29. The van der Waals surface area contributed by atoms with Gasteiger partial charge in [0.1, 0.15) is 5.75 Å². The molecule has 1 aliphatic heterocycles. The van der Waals surface area contributed by atoms with Crippen molar-refractivity contribution < 1.29 is 9.53 Å². The minimum absolute atomic E-state index is 0.139. The van der Waals surface area contributed by atoms with Crippen LogP contribution < -0.4 is 10.1 Å². The molecule has 1 aromatic carbocycles. The fraction of sp³-hybridized carbons (Fsp3) is 0.429. The maximum Gasteiger partial charge on any atom is 0.226 e. The number of carbonyl (C=O) groups excluding carboxylic acids is 1. The van der Waals surface area contributed by atoms with Crippen molar-refractivity contribution in [3.63, 3.8) is 0 Å². The number of aliphatic imine (C=N–C) groups is 1. The summed E-state index contributed by atoms with van der Waals surface area (Å²) in [5.41, 5.74) is 4.27. The number of aromatic nitrogens is 1. The van der Waals surface area contributed by atoms with Gasteiger partial charge in [0.2, 0.25) is 5.91 Å². The average molecular weight is 351 g/mol. The number of allylic oxidation sites excluding steroid dienone is 1. The highest BCUT2D eigenvalue weighted by molar-refractivity contribution is 5.96. The first-order chi connectivity index (χ1) is 12.6. The molecule has 0 bridgehead atoms. The average Bonchev–Trinajstić information content (AvgIpc) is 3.06. The summed E-state index contributed by atoms with van der Waals surface area (Å²) in [6.45, 7) is 3.35. The summed E-state index contributed by atoms with van der Waals surface area (Å²) in [6, 6.07) is 6.31. The predicted octanol–water partition coefficient (Wildman–Crippen LogP) is 3.54. The Balaban J connectivity index is 1.49. The maximum absolute atomic E-state index is 12.1. The molecular weight excluding hydrogens is 326 g/mol. The Morgan fingerprint density at radius 1 is 1.31 bits per heavy atom. The van der Waals surface area contributed by atoms with E-state index in [9.17, 15) is 4.79 Å². The van der Waals surface area contributed by atoms with Gasteiger partial charge in [0.25, 0.3) is 0 Å². The van der Waals surface area contributed by atoms with Gasteiger partial charge in [-0.3, -0.25) is 9.79 Å². The van der Waals surface area contributed by atoms with Crippen LogP contribution in [0.4, 0.5) is 0 Å². The van der Waals surface area contributed by atoms with Crippen molar-refractivity contribution in [2.45, 2.75) is 39.2 Å². The van der Waals surface area contributed by atoms with E-state index in [1.54, 1.807) is 7.11 Å². The molecule has 0 unspecified atom stereocenters. The van der Waals surface area contributed by atoms with Crippen molar-refractivity contribution in [2.24, 2.45) is 10.4 Å². The lowest BCUT2D eigenvalue weighted by molar-refractivity contribution is -0.125. The van der Waals surface area contributed by atoms with Crippen molar-refractivity contribution in [1.29, 1.82) is 0 Å². The van der Waals surface area contributed by atoms with Crippen LogP contribution in [0.25, 0.3) is 10.9 Å². The highest BCUT2D eigenvalue weighted by atomic mass is 16.5. The van der Waals surface area contributed by atoms with Crippen LogP contribution in [0.2, 0.25) is 0 Å². The predicted molar refractivity (Wildman–Crippen MR) is 104 cm³/mol. The number of hydrogen-bond donors (Lipinski definition) is 2. The summed E-state index contributed by atoms with van der Waals surface area (Å²) in [4.78, 5) is 20.0. The lowest BCUT2D eigenvalue weighted by atomic mass is 10.0. The zero-order chi connectivity index (χ0) is 18.1. The van der Waals surface area contributed by atoms with E-state index in [0.29, 0.717) is 6.54 Å². The van der Waals surface area contributed by atoms with Crippen molar-refractivity contribution >= 4 is 22.5 Å². The van der Waals surface area contributed by atoms with Crippen molar-refractivity contribution in [2.75, 3.05) is 13.7 Å². The third-order valence-electron chi connectivity index (χ3n) is 5.43. The van der Waals surface area contributed by atoms with E-state index in [0.717, 1.165) is 60.3 Å². The number of methoxy groups -OCH3 is 1. The molecule has 0 saturated heterocycles. The number of nitrogens with zero attached hydrogens (tertiary/aromatic N) is 1. The SMILES string of the molecule is COc1cc2cc(CNC(=O)C3(C)CC3)[nH]c2cc1CCC1=NCC=C1. The molecule has 1 saturated carbocycles. The number of aryl methyl sites for hydroxylation is 1. The minimum Gasteiger partial charge on any atom is -0.496 e. The summed E-state index contributed by atoms with van der Waals surface area (Å²) >= 11 is 0. The van der Waals surface area contributed by atoms with E-state index in [2.05, 4.69) is 45.6 Å². The topological polar surface area (TPSA) is 66.5 Å². The molecule has 2 heterocycles. The third-order valence-corrected chi connectivity index (χ3v) is 5.43. The van der Waals surface area contributed by atoms with E-state index in [1.165, 1.54) is 5.56 Å². The Morgan fingerprint density at radius 3 is 2.85 bits per heavy atom. The van der Waals surface area contributed by atoms with Gasteiger partial charge in [0.15, 0.2) is 0 Å². The van der Waals surface area contributed by atoms with Gasteiger partial charge in [-0.1, -0.05) is 13.0 Å². The van der Waals surface area contributed by atoms with Crippen LogP contribution in [0.15, 0.2) is 35.3 Å². The highest BCUT2D eigenvalue weighted by Crippen LogP contribution is 2.45. The van der Waals surface area contributed by atoms with Gasteiger partial charge in [-0.2, -0.15) is 0 Å². The van der Waals surface area contributed by atoms with Crippen LogP contribution in [0.3, 0.4) is 0 Å². The van der Waals surface area contributed by atoms with Crippen molar-refractivity contribution in [1.82, 2.24) is 10.3 Å². The fourth-order valence-corrected chi connectivity index (χ4v) is 3.39. The van der Waals surface area contributed by atoms with E-state index < -0.39 is 0 Å². The number of hydrogen-bond acceptors (Lipinski definition) is 3. The smallest absolute Gasteiger partial charge is 0.226 e. The molecule has 5 nitrogen and oxygen atoms in total. The molecule has 136 valence electrons. The molecule has 5 heteroatoms. The number of rotatable bonds is 7. The van der Waals surface area contributed by atoms with E-state index in [1.807, 2.05) is 6.92 Å². The largest absolute Gasteiger partial charge is 0.496 e. The molecule has 0 atom stereocenters. The van der Waals surface area contributed by atoms with Gasteiger partial charge in [-0.25, -0.2) is 0 Å². The quantitative estimate of drug-likeness (QED) is 0.801. The number of carbonyl (C=O) groups is 1. The Morgan fingerprint density at radius 2 is 2.15 bits per heavy atom. The van der Waals surface area contributed by atoms with Crippen LogP contribution in [-0.2, 0) is 17.8 Å². The molecule has 1 fully saturated rings. The molecule has 0 spiro atoms. The maximum atomic E-state index is 12.1. The van der Waals surface area contributed by atoms with E-state index in [4.69, 9.17) is 4.74 Å². The Bertz CT molecular complexity index is 903. The monoisotopic (exact) mass is 351 g/mol. The zero-order valence-corrected chi connectivity index (χ0v) is 15.4. The van der Waals surface area contributed by atoms with E-state index >= 15 is 0 Å². The number of benzene rings is 1. The normalized spacial score (nSPS) is 17.4. The Labute approximate surface area is 153 Å². The van der Waals surface area contributed by atoms with E-state index in [-0.39, 0.29) is 11.3 Å². The summed E-state index contributed by atoms with van der Waals surface area (Å²) < 4.78 is 5.59. The van der Waals surface area contributed by atoms with Crippen LogP contribution >= 0.6 is 0 Å². The van der Waals surface area contributed by atoms with Gasteiger partial charge < -0.3 is 15.0 Å². The molecule has 4 rings (SSSR count). The second-order valence-corrected chi connectivity index (χ2v) is 7.52.